The van der Waals surface area contributed by atoms with E-state index in [0.29, 0.717) is 17.9 Å². The number of nitrogens with two attached hydrogens (primary N) is 1. The molecular formula is C17H23N3O6. The molecule has 0 aromatic heterocycles. The molecular weight excluding hydrogens is 342 g/mol. The topological polar surface area (TPSA) is 137 Å². The number of nitrogens with one attached hydrogen (secondary N) is 2. The van der Waals surface area contributed by atoms with Crippen LogP contribution in [0, 0.1) is 0 Å². The van der Waals surface area contributed by atoms with E-state index in [4.69, 9.17) is 15.2 Å². The number of rotatable bonds is 9. The van der Waals surface area contributed by atoms with Crippen molar-refractivity contribution in [3.05, 3.63) is 29.8 Å². The van der Waals surface area contributed by atoms with Gasteiger partial charge < -0.3 is 20.5 Å². The van der Waals surface area contributed by atoms with Gasteiger partial charge in [-0.05, 0) is 37.6 Å². The summed E-state index contributed by atoms with van der Waals surface area (Å²) in [5, 5.41) is 4.16. The first kappa shape index (κ1) is 20.9. The third-order valence-corrected chi connectivity index (χ3v) is 3.20. The van der Waals surface area contributed by atoms with Crippen molar-refractivity contribution in [3.63, 3.8) is 0 Å². The third-order valence-electron chi connectivity index (χ3n) is 3.20. The molecule has 0 heterocycles. The number of hydrogen-bond acceptors (Lipinski definition) is 6. The van der Waals surface area contributed by atoms with Crippen molar-refractivity contribution in [2.24, 2.45) is 5.73 Å². The van der Waals surface area contributed by atoms with Crippen molar-refractivity contribution in [2.75, 3.05) is 13.2 Å². The van der Waals surface area contributed by atoms with Gasteiger partial charge in [-0.2, -0.15) is 0 Å². The van der Waals surface area contributed by atoms with Crippen LogP contribution in [0.25, 0.3) is 0 Å². The fourth-order valence-corrected chi connectivity index (χ4v) is 1.81. The van der Waals surface area contributed by atoms with Crippen LogP contribution in [0.15, 0.2) is 24.3 Å². The summed E-state index contributed by atoms with van der Waals surface area (Å²) in [7, 11) is 0. The van der Waals surface area contributed by atoms with Crippen molar-refractivity contribution in [1.82, 2.24) is 10.6 Å². The second-order valence-corrected chi connectivity index (χ2v) is 5.39. The van der Waals surface area contributed by atoms with Crippen molar-refractivity contribution < 1.29 is 28.7 Å². The largest absolute Gasteiger partial charge is 0.494 e. The zero-order valence-electron chi connectivity index (χ0n) is 14.7. The van der Waals surface area contributed by atoms with Gasteiger partial charge in [-0.25, -0.2) is 4.79 Å². The average Bonchev–Trinajstić information content (AvgIpc) is 2.60. The Bertz CT molecular complexity index is 644. The van der Waals surface area contributed by atoms with E-state index in [1.165, 1.54) is 6.92 Å². The molecule has 0 saturated heterocycles. The number of imide groups is 1. The van der Waals surface area contributed by atoms with Gasteiger partial charge in [0.2, 0.25) is 0 Å². The monoisotopic (exact) mass is 365 g/mol. The first-order chi connectivity index (χ1) is 12.3. The Morgan fingerprint density at radius 3 is 2.38 bits per heavy atom. The van der Waals surface area contributed by atoms with Crippen LogP contribution < -0.4 is 21.1 Å². The van der Waals surface area contributed by atoms with Gasteiger partial charge in [0, 0.05) is 5.56 Å². The smallest absolute Gasteiger partial charge is 0.326 e. The Morgan fingerprint density at radius 2 is 1.81 bits per heavy atom. The second kappa shape index (κ2) is 10.7. The number of urea groups is 1. The lowest BCUT2D eigenvalue weighted by Gasteiger charge is -2.12. The lowest BCUT2D eigenvalue weighted by molar-refractivity contribution is -0.153. The van der Waals surface area contributed by atoms with Crippen LogP contribution in [-0.2, 0) is 14.3 Å². The van der Waals surface area contributed by atoms with Crippen molar-refractivity contribution in [2.45, 2.75) is 32.8 Å². The molecule has 0 unspecified atom stereocenters. The van der Waals surface area contributed by atoms with Gasteiger partial charge in [0.05, 0.1) is 6.61 Å². The van der Waals surface area contributed by atoms with E-state index in [1.54, 1.807) is 29.6 Å². The maximum atomic E-state index is 12.0. The first-order valence-electron chi connectivity index (χ1n) is 8.14. The lowest BCUT2D eigenvalue weighted by atomic mass is 10.2. The quantitative estimate of drug-likeness (QED) is 0.436. The lowest BCUT2D eigenvalue weighted by Crippen LogP contribution is -2.43. The molecule has 0 bridgehead atoms. The molecule has 0 radical (unpaired) electrons. The fraction of sp³-hybridized carbons (Fsp3) is 0.412. The minimum Gasteiger partial charge on any atom is -0.494 e. The number of esters is 1. The molecule has 0 spiro atoms. The number of hydrogen-bond donors (Lipinski definition) is 3. The summed E-state index contributed by atoms with van der Waals surface area (Å²) in [4.78, 5) is 45.6. The number of ether oxygens (including phenoxy) is 2. The molecule has 26 heavy (non-hydrogen) atoms. The van der Waals surface area contributed by atoms with Gasteiger partial charge in [0.15, 0.2) is 6.10 Å². The summed E-state index contributed by atoms with van der Waals surface area (Å²) in [5.74, 6) is -1.50. The standard InChI is InChI=1S/C17H23N3O6/c1-3-4-9-25-13-7-5-12(6-8-13)16(23)19-10-14(21)26-11(2)15(22)20-17(18)24/h5-8,11H,3-4,9-10H2,1-2H3,(H,19,23)(H3,18,20,22,24)/t11-/m1/s1. The number of primary amides is 1. The van der Waals surface area contributed by atoms with Gasteiger partial charge in [0.1, 0.15) is 12.3 Å². The Labute approximate surface area is 151 Å². The molecule has 9 heteroatoms. The van der Waals surface area contributed by atoms with Crippen LogP contribution in [0.3, 0.4) is 0 Å². The predicted molar refractivity (Wildman–Crippen MR) is 92.5 cm³/mol. The van der Waals surface area contributed by atoms with Crippen molar-refractivity contribution in [3.8, 4) is 5.75 Å². The van der Waals surface area contributed by atoms with Gasteiger partial charge >= 0.3 is 12.0 Å². The molecule has 1 aromatic carbocycles. The SMILES string of the molecule is CCCCOc1ccc(C(=O)NCC(=O)O[C@H](C)C(=O)NC(N)=O)cc1. The number of carbonyl (C=O) groups excluding carboxylic acids is 4. The summed E-state index contributed by atoms with van der Waals surface area (Å²) < 4.78 is 10.3. The summed E-state index contributed by atoms with van der Waals surface area (Å²) in [5.41, 5.74) is 5.14. The average molecular weight is 365 g/mol. The van der Waals surface area contributed by atoms with E-state index in [2.05, 4.69) is 12.2 Å². The zero-order valence-corrected chi connectivity index (χ0v) is 14.7. The molecule has 1 atom stereocenters. The van der Waals surface area contributed by atoms with Crippen molar-refractivity contribution >= 4 is 23.8 Å². The normalized spacial score (nSPS) is 11.2. The Hall–Kier alpha value is -3.10. The van der Waals surface area contributed by atoms with E-state index in [0.717, 1.165) is 12.8 Å². The molecule has 0 aliphatic carbocycles. The number of carbonyl (C=O) groups is 4. The van der Waals surface area contributed by atoms with Crippen LogP contribution in [0.5, 0.6) is 5.75 Å². The van der Waals surface area contributed by atoms with E-state index in [1.807, 2.05) is 0 Å². The molecule has 1 aromatic rings. The highest BCUT2D eigenvalue weighted by atomic mass is 16.5. The minimum atomic E-state index is -1.22. The highest BCUT2D eigenvalue weighted by molar-refractivity contribution is 5.97. The summed E-state index contributed by atoms with van der Waals surface area (Å²) in [6.07, 6.45) is 0.756. The zero-order chi connectivity index (χ0) is 19.5. The van der Waals surface area contributed by atoms with Gasteiger partial charge in [0.25, 0.3) is 11.8 Å². The van der Waals surface area contributed by atoms with E-state index in [9.17, 15) is 19.2 Å². The Kier molecular flexibility index (Phi) is 8.62. The second-order valence-electron chi connectivity index (χ2n) is 5.39. The molecule has 0 aliphatic heterocycles. The van der Waals surface area contributed by atoms with Crippen LogP contribution in [-0.4, -0.2) is 43.1 Å². The predicted octanol–water partition coefficient (Wildman–Crippen LogP) is 0.722. The van der Waals surface area contributed by atoms with Crippen molar-refractivity contribution in [1.29, 1.82) is 0 Å². The molecule has 4 amide bonds. The molecule has 0 fully saturated rings. The van der Waals surface area contributed by atoms with E-state index < -0.39 is 36.5 Å². The van der Waals surface area contributed by atoms with Crippen LogP contribution in [0.4, 0.5) is 4.79 Å². The minimum absolute atomic E-state index is 0.347. The van der Waals surface area contributed by atoms with Gasteiger partial charge in [-0.3, -0.25) is 19.7 Å². The first-order valence-corrected chi connectivity index (χ1v) is 8.14. The van der Waals surface area contributed by atoms with Crippen LogP contribution >= 0.6 is 0 Å². The number of unbranched alkanes of at least 4 members (excludes halogenated alkanes) is 1. The summed E-state index contributed by atoms with van der Waals surface area (Å²) >= 11 is 0. The van der Waals surface area contributed by atoms with E-state index in [-0.39, 0.29) is 0 Å². The number of benzene rings is 1. The number of amides is 4. The third kappa shape index (κ3) is 7.65. The molecule has 0 saturated carbocycles. The maximum absolute atomic E-state index is 12.0. The Balaban J connectivity index is 2.42. The molecule has 1 rings (SSSR count). The molecule has 4 N–H and O–H groups in total. The van der Waals surface area contributed by atoms with E-state index >= 15 is 0 Å². The highest BCUT2D eigenvalue weighted by Gasteiger charge is 2.19. The maximum Gasteiger partial charge on any atom is 0.326 e. The molecule has 142 valence electrons. The van der Waals surface area contributed by atoms with Gasteiger partial charge in [-0.15, -0.1) is 0 Å². The fourth-order valence-electron chi connectivity index (χ4n) is 1.81. The summed E-state index contributed by atoms with van der Waals surface area (Å²) in [6, 6.07) is 5.43. The molecule has 9 nitrogen and oxygen atoms in total. The molecule has 0 aliphatic rings. The summed E-state index contributed by atoms with van der Waals surface area (Å²) in [6.45, 7) is 3.51. The Morgan fingerprint density at radius 1 is 1.15 bits per heavy atom. The highest BCUT2D eigenvalue weighted by Crippen LogP contribution is 2.12. The van der Waals surface area contributed by atoms with Crippen LogP contribution in [0.2, 0.25) is 0 Å². The van der Waals surface area contributed by atoms with Gasteiger partial charge in [-0.1, -0.05) is 13.3 Å². The van der Waals surface area contributed by atoms with Crippen LogP contribution in [0.1, 0.15) is 37.0 Å².